The molecule has 1 heterocycles. The molecule has 0 saturated heterocycles. The molecule has 2 rings (SSSR count). The number of aryl methyl sites for hydroxylation is 1. The van der Waals surface area contributed by atoms with Crippen LogP contribution >= 0.6 is 27.5 Å². The summed E-state index contributed by atoms with van der Waals surface area (Å²) >= 11 is 4.69. The van der Waals surface area contributed by atoms with Gasteiger partial charge in [-0.3, -0.25) is 4.79 Å². The molecule has 1 aromatic carbocycles. The van der Waals surface area contributed by atoms with E-state index < -0.39 is 0 Å². The number of ether oxygens (including phenoxy) is 1. The van der Waals surface area contributed by atoms with Gasteiger partial charge in [0.1, 0.15) is 5.82 Å². The monoisotopic (exact) mass is 398 g/mol. The van der Waals surface area contributed by atoms with Gasteiger partial charge in [-0.15, -0.1) is 0 Å². The van der Waals surface area contributed by atoms with Crippen molar-refractivity contribution in [2.24, 2.45) is 0 Å². The fourth-order valence-corrected chi connectivity index (χ4v) is 3.08. The number of methoxy groups -OCH3 is 1. The standard InChI is InChI=1S/C15H19BrN4O2S/c1-10-8-11(16)4-5-12(10)17-14(21)9-20(2)15-18-13(19-23-15)6-7-22-3/h4-5,8H,6-7,9H2,1-3H3,(H,17,21). The minimum Gasteiger partial charge on any atom is -0.384 e. The third-order valence-corrected chi connectivity index (χ3v) is 4.52. The van der Waals surface area contributed by atoms with Crippen LogP contribution in [0, 0.1) is 6.92 Å². The maximum Gasteiger partial charge on any atom is 0.243 e. The largest absolute Gasteiger partial charge is 0.384 e. The lowest BCUT2D eigenvalue weighted by molar-refractivity contribution is -0.114. The number of likely N-dealkylation sites (N-methyl/N-ethyl adjacent to an activating group) is 1. The third kappa shape index (κ3) is 5.26. The highest BCUT2D eigenvalue weighted by atomic mass is 79.9. The Hall–Kier alpha value is -1.51. The number of carbonyl (C=O) groups excluding carboxylic acids is 1. The van der Waals surface area contributed by atoms with E-state index in [1.807, 2.05) is 32.2 Å². The zero-order valence-corrected chi connectivity index (χ0v) is 15.7. The highest BCUT2D eigenvalue weighted by molar-refractivity contribution is 9.10. The molecule has 0 spiro atoms. The van der Waals surface area contributed by atoms with Crippen molar-refractivity contribution in [3.05, 3.63) is 34.1 Å². The second kappa shape index (κ2) is 8.37. The Morgan fingerprint density at radius 1 is 1.48 bits per heavy atom. The smallest absolute Gasteiger partial charge is 0.243 e. The van der Waals surface area contributed by atoms with Crippen molar-refractivity contribution in [2.75, 3.05) is 37.5 Å². The van der Waals surface area contributed by atoms with Gasteiger partial charge in [-0.1, -0.05) is 15.9 Å². The average molecular weight is 399 g/mol. The highest BCUT2D eigenvalue weighted by Crippen LogP contribution is 2.20. The summed E-state index contributed by atoms with van der Waals surface area (Å²) in [5.74, 6) is 0.648. The van der Waals surface area contributed by atoms with Crippen LogP contribution < -0.4 is 10.2 Å². The minimum absolute atomic E-state index is 0.0911. The van der Waals surface area contributed by atoms with Crippen LogP contribution in [-0.2, 0) is 16.0 Å². The van der Waals surface area contributed by atoms with Crippen LogP contribution in [0.1, 0.15) is 11.4 Å². The van der Waals surface area contributed by atoms with E-state index in [9.17, 15) is 4.79 Å². The first-order chi connectivity index (χ1) is 11.0. The topological polar surface area (TPSA) is 67.3 Å². The fraction of sp³-hybridized carbons (Fsp3) is 0.400. The van der Waals surface area contributed by atoms with Crippen molar-refractivity contribution < 1.29 is 9.53 Å². The molecule has 0 radical (unpaired) electrons. The van der Waals surface area contributed by atoms with Crippen LogP contribution in [0.15, 0.2) is 22.7 Å². The Morgan fingerprint density at radius 3 is 2.96 bits per heavy atom. The van der Waals surface area contributed by atoms with Gasteiger partial charge in [0, 0.05) is 42.3 Å². The first-order valence-corrected chi connectivity index (χ1v) is 8.65. The lowest BCUT2D eigenvalue weighted by atomic mass is 10.2. The normalized spacial score (nSPS) is 10.6. The van der Waals surface area contributed by atoms with Crippen molar-refractivity contribution in [1.82, 2.24) is 9.36 Å². The van der Waals surface area contributed by atoms with E-state index in [4.69, 9.17) is 4.74 Å². The van der Waals surface area contributed by atoms with E-state index in [1.54, 1.807) is 12.0 Å². The zero-order chi connectivity index (χ0) is 16.8. The van der Waals surface area contributed by atoms with Crippen molar-refractivity contribution in [3.63, 3.8) is 0 Å². The number of carbonyl (C=O) groups is 1. The van der Waals surface area contributed by atoms with Gasteiger partial charge in [0.2, 0.25) is 11.0 Å². The van der Waals surface area contributed by atoms with Crippen LogP contribution in [-0.4, -0.2) is 42.6 Å². The molecule has 0 aliphatic heterocycles. The van der Waals surface area contributed by atoms with E-state index in [0.717, 1.165) is 26.7 Å². The van der Waals surface area contributed by atoms with Gasteiger partial charge in [-0.25, -0.2) is 4.98 Å². The third-order valence-electron chi connectivity index (χ3n) is 3.16. The van der Waals surface area contributed by atoms with Crippen molar-refractivity contribution >= 4 is 44.2 Å². The van der Waals surface area contributed by atoms with Crippen LogP contribution in [0.3, 0.4) is 0 Å². The average Bonchev–Trinajstić information content (AvgIpc) is 2.97. The molecule has 0 unspecified atom stereocenters. The Kier molecular flexibility index (Phi) is 6.49. The maximum absolute atomic E-state index is 12.2. The van der Waals surface area contributed by atoms with E-state index in [1.165, 1.54) is 11.5 Å². The fourth-order valence-electron chi connectivity index (χ4n) is 1.93. The first-order valence-electron chi connectivity index (χ1n) is 7.08. The molecular formula is C15H19BrN4O2S. The van der Waals surface area contributed by atoms with Crippen molar-refractivity contribution in [2.45, 2.75) is 13.3 Å². The summed E-state index contributed by atoms with van der Waals surface area (Å²) in [7, 11) is 3.47. The van der Waals surface area contributed by atoms with E-state index >= 15 is 0 Å². The van der Waals surface area contributed by atoms with Crippen LogP contribution in [0.4, 0.5) is 10.8 Å². The molecule has 6 nitrogen and oxygen atoms in total. The molecule has 124 valence electrons. The molecule has 1 aromatic heterocycles. The van der Waals surface area contributed by atoms with Gasteiger partial charge >= 0.3 is 0 Å². The minimum atomic E-state index is -0.0911. The van der Waals surface area contributed by atoms with Gasteiger partial charge < -0.3 is 15.0 Å². The molecule has 0 saturated carbocycles. The summed E-state index contributed by atoms with van der Waals surface area (Å²) in [6, 6.07) is 5.75. The van der Waals surface area contributed by atoms with Crippen molar-refractivity contribution in [1.29, 1.82) is 0 Å². The van der Waals surface area contributed by atoms with E-state index in [0.29, 0.717) is 13.0 Å². The summed E-state index contributed by atoms with van der Waals surface area (Å²) in [6.07, 6.45) is 0.672. The predicted octanol–water partition coefficient (Wildman–Crippen LogP) is 2.87. The van der Waals surface area contributed by atoms with Crippen LogP contribution in [0.25, 0.3) is 0 Å². The zero-order valence-electron chi connectivity index (χ0n) is 13.3. The Morgan fingerprint density at radius 2 is 2.26 bits per heavy atom. The number of halogens is 1. The molecule has 1 N–H and O–H groups in total. The molecule has 2 aromatic rings. The summed E-state index contributed by atoms with van der Waals surface area (Å²) in [5.41, 5.74) is 1.82. The number of benzene rings is 1. The molecule has 0 atom stereocenters. The number of amides is 1. The second-order valence-corrected chi connectivity index (χ2v) is 6.75. The van der Waals surface area contributed by atoms with Gasteiger partial charge in [-0.2, -0.15) is 4.37 Å². The van der Waals surface area contributed by atoms with Crippen LogP contribution in [0.5, 0.6) is 0 Å². The molecule has 1 amide bonds. The van der Waals surface area contributed by atoms with E-state index in [-0.39, 0.29) is 12.5 Å². The molecule has 23 heavy (non-hydrogen) atoms. The Labute approximate surface area is 148 Å². The van der Waals surface area contributed by atoms with Crippen LogP contribution in [0.2, 0.25) is 0 Å². The molecule has 8 heteroatoms. The van der Waals surface area contributed by atoms with Gasteiger partial charge in [0.15, 0.2) is 0 Å². The molecule has 0 bridgehead atoms. The lowest BCUT2D eigenvalue weighted by Crippen LogP contribution is -2.30. The summed E-state index contributed by atoms with van der Waals surface area (Å²) < 4.78 is 10.3. The molecule has 0 aliphatic rings. The summed E-state index contributed by atoms with van der Waals surface area (Å²) in [6.45, 7) is 2.76. The highest BCUT2D eigenvalue weighted by Gasteiger charge is 2.13. The number of hydrogen-bond donors (Lipinski definition) is 1. The maximum atomic E-state index is 12.2. The number of aromatic nitrogens is 2. The molecule has 0 aliphatic carbocycles. The quantitative estimate of drug-likeness (QED) is 0.776. The Balaban J connectivity index is 1.92. The number of nitrogens with one attached hydrogen (secondary N) is 1. The summed E-state index contributed by atoms with van der Waals surface area (Å²) in [4.78, 5) is 18.4. The Bertz CT molecular complexity index is 677. The first kappa shape index (κ1) is 17.8. The predicted molar refractivity (Wildman–Crippen MR) is 96.3 cm³/mol. The van der Waals surface area contributed by atoms with Gasteiger partial charge in [0.05, 0.1) is 13.2 Å². The molecular weight excluding hydrogens is 380 g/mol. The number of anilines is 2. The number of nitrogens with zero attached hydrogens (tertiary/aromatic N) is 3. The van der Waals surface area contributed by atoms with Crippen molar-refractivity contribution in [3.8, 4) is 0 Å². The molecule has 0 fully saturated rings. The lowest BCUT2D eigenvalue weighted by Gasteiger charge is -2.15. The van der Waals surface area contributed by atoms with Gasteiger partial charge in [0.25, 0.3) is 0 Å². The van der Waals surface area contributed by atoms with E-state index in [2.05, 4.69) is 30.6 Å². The summed E-state index contributed by atoms with van der Waals surface area (Å²) in [5, 5.41) is 3.64. The van der Waals surface area contributed by atoms with Gasteiger partial charge in [-0.05, 0) is 30.7 Å². The SMILES string of the molecule is COCCc1nsc(N(C)CC(=O)Nc2ccc(Br)cc2C)n1. The number of rotatable bonds is 7. The second-order valence-electron chi connectivity index (χ2n) is 5.10. The number of hydrogen-bond acceptors (Lipinski definition) is 6.